The minimum absolute atomic E-state index is 0.379. The summed E-state index contributed by atoms with van der Waals surface area (Å²) in [7, 11) is 1.81. The standard InChI is InChI=1S/C16H30N4S/c1-7-14-20-13(11-21-14)10-18-15(17-6)19-12(2)8-9-16(3,4)5/h11-12H,7-10H2,1-6H3,(H2,17,18,19). The Morgan fingerprint density at radius 1 is 1.43 bits per heavy atom. The lowest BCUT2D eigenvalue weighted by Gasteiger charge is -2.23. The normalized spacial score (nSPS) is 14.1. The Balaban J connectivity index is 2.38. The van der Waals surface area contributed by atoms with Crippen LogP contribution in [0.5, 0.6) is 0 Å². The first-order chi connectivity index (χ1) is 9.84. The highest BCUT2D eigenvalue weighted by Crippen LogP contribution is 2.21. The highest BCUT2D eigenvalue weighted by molar-refractivity contribution is 7.09. The van der Waals surface area contributed by atoms with Crippen LogP contribution in [-0.4, -0.2) is 24.0 Å². The first kappa shape index (κ1) is 18.0. The van der Waals surface area contributed by atoms with Crippen LogP contribution >= 0.6 is 11.3 Å². The quantitative estimate of drug-likeness (QED) is 0.623. The molecule has 0 spiro atoms. The molecule has 1 rings (SSSR count). The number of guanidine groups is 1. The molecule has 0 radical (unpaired) electrons. The summed E-state index contributed by atoms with van der Waals surface area (Å²) in [6, 6.07) is 0.414. The molecule has 1 atom stereocenters. The molecule has 0 bridgehead atoms. The number of nitrogens with zero attached hydrogens (tertiary/aromatic N) is 2. The third kappa shape index (κ3) is 7.46. The Labute approximate surface area is 133 Å². The van der Waals surface area contributed by atoms with E-state index < -0.39 is 0 Å². The van der Waals surface area contributed by atoms with Crippen molar-refractivity contribution in [2.45, 2.75) is 66.5 Å². The van der Waals surface area contributed by atoms with E-state index in [0.717, 1.165) is 31.0 Å². The molecule has 2 N–H and O–H groups in total. The van der Waals surface area contributed by atoms with Crippen molar-refractivity contribution in [1.82, 2.24) is 15.6 Å². The van der Waals surface area contributed by atoms with Gasteiger partial charge in [0.25, 0.3) is 0 Å². The molecule has 0 fully saturated rings. The summed E-state index contributed by atoms with van der Waals surface area (Å²) in [5, 5.41) is 10.1. The van der Waals surface area contributed by atoms with Crippen LogP contribution in [0.3, 0.4) is 0 Å². The third-order valence-electron chi connectivity index (χ3n) is 3.27. The van der Waals surface area contributed by atoms with E-state index >= 15 is 0 Å². The average molecular weight is 311 g/mol. The second kappa shape index (κ2) is 8.37. The predicted octanol–water partition coefficient (Wildman–Crippen LogP) is 3.59. The molecule has 0 saturated heterocycles. The third-order valence-corrected chi connectivity index (χ3v) is 4.31. The molecule has 120 valence electrons. The predicted molar refractivity (Wildman–Crippen MR) is 93.0 cm³/mol. The van der Waals surface area contributed by atoms with Gasteiger partial charge in [-0.1, -0.05) is 27.7 Å². The molecule has 0 aliphatic heterocycles. The van der Waals surface area contributed by atoms with Gasteiger partial charge in [0.15, 0.2) is 5.96 Å². The second-order valence-electron chi connectivity index (χ2n) is 6.66. The number of aromatic nitrogens is 1. The van der Waals surface area contributed by atoms with Crippen LogP contribution in [0.4, 0.5) is 0 Å². The van der Waals surface area contributed by atoms with Crippen molar-refractivity contribution in [2.75, 3.05) is 7.05 Å². The van der Waals surface area contributed by atoms with Gasteiger partial charge in [-0.15, -0.1) is 11.3 Å². The molecule has 0 aromatic carbocycles. The molecule has 21 heavy (non-hydrogen) atoms. The highest BCUT2D eigenvalue weighted by Gasteiger charge is 2.13. The fraction of sp³-hybridized carbons (Fsp3) is 0.750. The number of hydrogen-bond acceptors (Lipinski definition) is 3. The van der Waals surface area contributed by atoms with Gasteiger partial charge >= 0.3 is 0 Å². The monoisotopic (exact) mass is 310 g/mol. The van der Waals surface area contributed by atoms with Crippen molar-refractivity contribution in [1.29, 1.82) is 0 Å². The zero-order valence-corrected chi connectivity index (χ0v) is 15.1. The Morgan fingerprint density at radius 3 is 2.67 bits per heavy atom. The maximum absolute atomic E-state index is 4.56. The SMILES string of the molecule is CCc1nc(CNC(=NC)NC(C)CCC(C)(C)C)cs1. The lowest BCUT2D eigenvalue weighted by molar-refractivity contribution is 0.346. The molecule has 4 nitrogen and oxygen atoms in total. The zero-order chi connectivity index (χ0) is 15.9. The maximum atomic E-state index is 4.56. The fourth-order valence-electron chi connectivity index (χ4n) is 1.92. The molecule has 0 saturated carbocycles. The maximum Gasteiger partial charge on any atom is 0.191 e. The summed E-state index contributed by atoms with van der Waals surface area (Å²) >= 11 is 1.72. The van der Waals surface area contributed by atoms with Gasteiger partial charge in [0, 0.05) is 18.5 Å². The Hall–Kier alpha value is -1.10. The van der Waals surface area contributed by atoms with Gasteiger partial charge in [-0.3, -0.25) is 4.99 Å². The van der Waals surface area contributed by atoms with Gasteiger partial charge < -0.3 is 10.6 Å². The molecule has 5 heteroatoms. The van der Waals surface area contributed by atoms with Crippen LogP contribution in [0.2, 0.25) is 0 Å². The van der Waals surface area contributed by atoms with E-state index in [4.69, 9.17) is 0 Å². The van der Waals surface area contributed by atoms with E-state index in [0.29, 0.717) is 11.5 Å². The van der Waals surface area contributed by atoms with Crippen molar-refractivity contribution in [3.8, 4) is 0 Å². The molecule has 0 aliphatic rings. The molecule has 0 amide bonds. The summed E-state index contributed by atoms with van der Waals surface area (Å²) in [4.78, 5) is 8.84. The van der Waals surface area contributed by atoms with Crippen LogP contribution < -0.4 is 10.6 Å². The van der Waals surface area contributed by atoms with Gasteiger partial charge in [0.05, 0.1) is 17.2 Å². The Kier molecular flexibility index (Phi) is 7.15. The molecule has 0 aliphatic carbocycles. The number of aliphatic imine (C=N–C) groups is 1. The summed E-state index contributed by atoms with van der Waals surface area (Å²) < 4.78 is 0. The smallest absolute Gasteiger partial charge is 0.191 e. The van der Waals surface area contributed by atoms with Crippen molar-refractivity contribution in [3.05, 3.63) is 16.1 Å². The first-order valence-electron chi connectivity index (χ1n) is 7.74. The second-order valence-corrected chi connectivity index (χ2v) is 7.60. The summed E-state index contributed by atoms with van der Waals surface area (Å²) in [5.41, 5.74) is 1.46. The van der Waals surface area contributed by atoms with Gasteiger partial charge in [-0.25, -0.2) is 4.98 Å². The molecule has 1 aromatic rings. The van der Waals surface area contributed by atoms with Crippen LogP contribution in [0, 0.1) is 5.41 Å². The van der Waals surface area contributed by atoms with E-state index in [1.165, 1.54) is 11.4 Å². The summed E-state index contributed by atoms with van der Waals surface area (Å²) in [6.07, 6.45) is 3.34. The number of nitrogens with one attached hydrogen (secondary N) is 2. The van der Waals surface area contributed by atoms with E-state index in [1.54, 1.807) is 11.3 Å². The number of thiazole rings is 1. The zero-order valence-electron chi connectivity index (χ0n) is 14.3. The van der Waals surface area contributed by atoms with E-state index in [2.05, 4.69) is 60.6 Å². The van der Waals surface area contributed by atoms with Crippen LogP contribution in [-0.2, 0) is 13.0 Å². The minimum atomic E-state index is 0.379. The average Bonchev–Trinajstić information content (AvgIpc) is 2.88. The van der Waals surface area contributed by atoms with Gasteiger partial charge in [0.1, 0.15) is 0 Å². The van der Waals surface area contributed by atoms with Crippen LogP contribution in [0.15, 0.2) is 10.4 Å². The van der Waals surface area contributed by atoms with E-state index in [-0.39, 0.29) is 0 Å². The Bertz CT molecular complexity index is 445. The molecule has 1 unspecified atom stereocenters. The van der Waals surface area contributed by atoms with Crippen LogP contribution in [0.1, 0.15) is 58.2 Å². The van der Waals surface area contributed by atoms with E-state index in [1.807, 2.05) is 7.05 Å². The number of hydrogen-bond donors (Lipinski definition) is 2. The van der Waals surface area contributed by atoms with Crippen molar-refractivity contribution < 1.29 is 0 Å². The number of aryl methyl sites for hydroxylation is 1. The largest absolute Gasteiger partial charge is 0.354 e. The van der Waals surface area contributed by atoms with E-state index in [9.17, 15) is 0 Å². The van der Waals surface area contributed by atoms with Crippen molar-refractivity contribution in [3.63, 3.8) is 0 Å². The van der Waals surface area contributed by atoms with Gasteiger partial charge in [-0.2, -0.15) is 0 Å². The van der Waals surface area contributed by atoms with Crippen molar-refractivity contribution >= 4 is 17.3 Å². The van der Waals surface area contributed by atoms with Crippen LogP contribution in [0.25, 0.3) is 0 Å². The molecule has 1 aromatic heterocycles. The first-order valence-corrected chi connectivity index (χ1v) is 8.62. The molecular formula is C16H30N4S. The topological polar surface area (TPSA) is 49.3 Å². The van der Waals surface area contributed by atoms with Crippen molar-refractivity contribution in [2.24, 2.45) is 10.4 Å². The highest BCUT2D eigenvalue weighted by atomic mass is 32.1. The minimum Gasteiger partial charge on any atom is -0.354 e. The molecular weight excluding hydrogens is 280 g/mol. The lowest BCUT2D eigenvalue weighted by atomic mass is 9.89. The fourth-order valence-corrected chi connectivity index (χ4v) is 2.66. The lowest BCUT2D eigenvalue weighted by Crippen LogP contribution is -2.42. The van der Waals surface area contributed by atoms with Gasteiger partial charge in [0.2, 0.25) is 0 Å². The summed E-state index contributed by atoms with van der Waals surface area (Å²) in [6.45, 7) is 11.9. The summed E-state index contributed by atoms with van der Waals surface area (Å²) in [5.74, 6) is 0.849. The Morgan fingerprint density at radius 2 is 2.14 bits per heavy atom. The number of rotatable bonds is 6. The molecule has 1 heterocycles. The van der Waals surface area contributed by atoms with Gasteiger partial charge in [-0.05, 0) is 31.6 Å².